The van der Waals surface area contributed by atoms with Crippen LogP contribution in [-0.2, 0) is 4.79 Å². The first-order chi connectivity index (χ1) is 10.7. The number of rotatable bonds is 2. The van der Waals surface area contributed by atoms with E-state index < -0.39 is 5.92 Å². The van der Waals surface area contributed by atoms with Gasteiger partial charge in [0.1, 0.15) is 5.92 Å². The fourth-order valence-corrected chi connectivity index (χ4v) is 3.11. The van der Waals surface area contributed by atoms with Crippen molar-refractivity contribution >= 4 is 17.5 Å². The molecule has 1 N–H and O–H groups in total. The molecular weight excluding hydrogens is 296 g/mol. The van der Waals surface area contributed by atoms with Crippen molar-refractivity contribution in [2.75, 3.05) is 0 Å². The molecule has 0 aliphatic carbocycles. The molecule has 1 fully saturated rings. The van der Waals surface area contributed by atoms with Crippen molar-refractivity contribution in [2.24, 2.45) is 5.92 Å². The SMILES string of the molecule is N#CC1C(=O)NC(c2ccc(Cl)cc2)CC1c1ccccc1. The minimum Gasteiger partial charge on any atom is -0.348 e. The molecule has 0 saturated carbocycles. The summed E-state index contributed by atoms with van der Waals surface area (Å²) in [6.45, 7) is 0. The second-order valence-corrected chi connectivity index (χ2v) is 5.91. The van der Waals surface area contributed by atoms with Crippen molar-refractivity contribution in [1.29, 1.82) is 5.26 Å². The maximum absolute atomic E-state index is 12.3. The van der Waals surface area contributed by atoms with Gasteiger partial charge in [0.15, 0.2) is 0 Å². The molecule has 3 atom stereocenters. The number of benzene rings is 2. The second-order valence-electron chi connectivity index (χ2n) is 5.47. The molecule has 1 aliphatic heterocycles. The summed E-state index contributed by atoms with van der Waals surface area (Å²) >= 11 is 5.92. The Balaban J connectivity index is 1.92. The molecule has 3 rings (SSSR count). The average Bonchev–Trinajstić information content (AvgIpc) is 2.55. The van der Waals surface area contributed by atoms with Crippen LogP contribution in [0.25, 0.3) is 0 Å². The van der Waals surface area contributed by atoms with E-state index in [0.29, 0.717) is 11.4 Å². The van der Waals surface area contributed by atoms with Gasteiger partial charge in [0.05, 0.1) is 12.1 Å². The largest absolute Gasteiger partial charge is 0.348 e. The molecule has 1 saturated heterocycles. The first-order valence-corrected chi connectivity index (χ1v) is 7.57. The highest BCUT2D eigenvalue weighted by atomic mass is 35.5. The minimum absolute atomic E-state index is 0.0966. The number of nitrogens with zero attached hydrogens (tertiary/aromatic N) is 1. The summed E-state index contributed by atoms with van der Waals surface area (Å²) in [6, 6.07) is 19.3. The number of hydrogen-bond acceptors (Lipinski definition) is 2. The summed E-state index contributed by atoms with van der Waals surface area (Å²) in [5.41, 5.74) is 2.04. The first-order valence-electron chi connectivity index (χ1n) is 7.19. The van der Waals surface area contributed by atoms with Crippen molar-refractivity contribution in [3.63, 3.8) is 0 Å². The van der Waals surface area contributed by atoms with Crippen LogP contribution in [0, 0.1) is 17.2 Å². The highest BCUT2D eigenvalue weighted by Gasteiger charge is 2.37. The van der Waals surface area contributed by atoms with Crippen molar-refractivity contribution < 1.29 is 4.79 Å². The number of nitrogens with one attached hydrogen (secondary N) is 1. The average molecular weight is 311 g/mol. The Morgan fingerprint density at radius 2 is 1.73 bits per heavy atom. The molecule has 4 heteroatoms. The zero-order valence-corrected chi connectivity index (χ0v) is 12.6. The molecule has 0 spiro atoms. The van der Waals surface area contributed by atoms with Crippen LogP contribution in [0.2, 0.25) is 5.02 Å². The highest BCUT2D eigenvalue weighted by molar-refractivity contribution is 6.30. The predicted octanol–water partition coefficient (Wildman–Crippen LogP) is 3.82. The minimum atomic E-state index is -0.647. The third kappa shape index (κ3) is 2.84. The monoisotopic (exact) mass is 310 g/mol. The van der Waals surface area contributed by atoms with Gasteiger partial charge in [-0.2, -0.15) is 5.26 Å². The molecule has 0 bridgehead atoms. The molecule has 1 amide bonds. The van der Waals surface area contributed by atoms with E-state index in [4.69, 9.17) is 11.6 Å². The predicted molar refractivity (Wildman–Crippen MR) is 85.2 cm³/mol. The lowest BCUT2D eigenvalue weighted by Gasteiger charge is -2.33. The lowest BCUT2D eigenvalue weighted by Crippen LogP contribution is -2.42. The third-order valence-corrected chi connectivity index (χ3v) is 4.38. The fourth-order valence-electron chi connectivity index (χ4n) is 2.99. The van der Waals surface area contributed by atoms with Crippen LogP contribution in [0.4, 0.5) is 0 Å². The van der Waals surface area contributed by atoms with Crippen LogP contribution in [-0.4, -0.2) is 5.91 Å². The summed E-state index contributed by atoms with van der Waals surface area (Å²) < 4.78 is 0. The van der Waals surface area contributed by atoms with Crippen molar-refractivity contribution in [2.45, 2.75) is 18.4 Å². The summed E-state index contributed by atoms with van der Waals surface area (Å²) in [7, 11) is 0. The Morgan fingerprint density at radius 3 is 2.36 bits per heavy atom. The van der Waals surface area contributed by atoms with E-state index in [2.05, 4.69) is 11.4 Å². The van der Waals surface area contributed by atoms with Gasteiger partial charge < -0.3 is 5.32 Å². The molecule has 110 valence electrons. The van der Waals surface area contributed by atoms with Gasteiger partial charge in [-0.3, -0.25) is 4.79 Å². The number of hydrogen-bond donors (Lipinski definition) is 1. The van der Waals surface area contributed by atoms with E-state index in [9.17, 15) is 10.1 Å². The van der Waals surface area contributed by atoms with Crippen LogP contribution in [0.1, 0.15) is 29.5 Å². The Labute approximate surface area is 134 Å². The number of amides is 1. The Bertz CT molecular complexity index is 706. The topological polar surface area (TPSA) is 52.9 Å². The Morgan fingerprint density at radius 1 is 1.05 bits per heavy atom. The number of halogens is 1. The van der Waals surface area contributed by atoms with Gasteiger partial charge in [-0.15, -0.1) is 0 Å². The summed E-state index contributed by atoms with van der Waals surface area (Å²) in [4.78, 5) is 12.3. The summed E-state index contributed by atoms with van der Waals surface area (Å²) in [5.74, 6) is -0.950. The van der Waals surface area contributed by atoms with Gasteiger partial charge in [0.2, 0.25) is 5.91 Å². The van der Waals surface area contributed by atoms with Crippen LogP contribution >= 0.6 is 11.6 Å². The lowest BCUT2D eigenvalue weighted by molar-refractivity contribution is -0.126. The Kier molecular flexibility index (Phi) is 4.13. The van der Waals surface area contributed by atoms with Crippen LogP contribution in [0.3, 0.4) is 0 Å². The zero-order valence-electron chi connectivity index (χ0n) is 11.9. The molecule has 1 heterocycles. The Hall–Kier alpha value is -2.31. The van der Waals surface area contributed by atoms with Gasteiger partial charge in [0.25, 0.3) is 0 Å². The summed E-state index contributed by atoms with van der Waals surface area (Å²) in [6.07, 6.45) is 0.704. The maximum atomic E-state index is 12.3. The van der Waals surface area contributed by atoms with E-state index >= 15 is 0 Å². The maximum Gasteiger partial charge on any atom is 0.238 e. The van der Waals surface area contributed by atoms with Crippen molar-refractivity contribution in [1.82, 2.24) is 5.32 Å². The highest BCUT2D eigenvalue weighted by Crippen LogP contribution is 2.38. The number of nitriles is 1. The lowest BCUT2D eigenvalue weighted by atomic mass is 9.77. The van der Waals surface area contributed by atoms with Gasteiger partial charge >= 0.3 is 0 Å². The van der Waals surface area contributed by atoms with Crippen molar-refractivity contribution in [3.8, 4) is 6.07 Å². The van der Waals surface area contributed by atoms with Crippen LogP contribution in [0.5, 0.6) is 0 Å². The molecule has 3 unspecified atom stereocenters. The van der Waals surface area contributed by atoms with Crippen LogP contribution < -0.4 is 5.32 Å². The van der Waals surface area contributed by atoms with E-state index in [1.165, 1.54) is 0 Å². The first kappa shape index (κ1) is 14.6. The number of carbonyl (C=O) groups is 1. The number of carbonyl (C=O) groups excluding carboxylic acids is 1. The molecular formula is C18H15ClN2O. The van der Waals surface area contributed by atoms with E-state index in [0.717, 1.165) is 11.1 Å². The van der Waals surface area contributed by atoms with Gasteiger partial charge in [-0.25, -0.2) is 0 Å². The van der Waals surface area contributed by atoms with Gasteiger partial charge in [-0.1, -0.05) is 54.1 Å². The molecule has 2 aromatic carbocycles. The molecule has 1 aliphatic rings. The molecule has 3 nitrogen and oxygen atoms in total. The van der Waals surface area contributed by atoms with Crippen molar-refractivity contribution in [3.05, 3.63) is 70.7 Å². The van der Waals surface area contributed by atoms with E-state index in [1.54, 1.807) is 0 Å². The molecule has 2 aromatic rings. The van der Waals surface area contributed by atoms with E-state index in [1.807, 2.05) is 54.6 Å². The summed E-state index contributed by atoms with van der Waals surface area (Å²) in [5, 5.41) is 13.0. The standard InChI is InChI=1S/C18H15ClN2O/c19-14-8-6-13(7-9-14)17-10-15(12-4-2-1-3-5-12)16(11-20)18(22)21-17/h1-9,15-17H,10H2,(H,21,22). The van der Waals surface area contributed by atoms with Gasteiger partial charge in [0, 0.05) is 10.9 Å². The zero-order chi connectivity index (χ0) is 15.5. The van der Waals surface area contributed by atoms with E-state index in [-0.39, 0.29) is 17.9 Å². The molecule has 22 heavy (non-hydrogen) atoms. The number of piperidine rings is 1. The normalized spacial score (nSPS) is 24.4. The van der Waals surface area contributed by atoms with Crippen LogP contribution in [0.15, 0.2) is 54.6 Å². The molecule has 0 aromatic heterocycles. The smallest absolute Gasteiger partial charge is 0.238 e. The quantitative estimate of drug-likeness (QED) is 0.916. The second kappa shape index (κ2) is 6.21. The van der Waals surface area contributed by atoms with Gasteiger partial charge in [-0.05, 0) is 29.7 Å². The third-order valence-electron chi connectivity index (χ3n) is 4.13. The fraction of sp³-hybridized carbons (Fsp3) is 0.222. The molecule has 0 radical (unpaired) electrons.